The molecule has 8 heteroatoms. The molecule has 5 rings (SSSR count). The monoisotopic (exact) mass is 455 g/mol. The van der Waals surface area contributed by atoms with Crippen molar-refractivity contribution in [1.82, 2.24) is 9.66 Å². The van der Waals surface area contributed by atoms with E-state index in [-0.39, 0.29) is 12.5 Å². The second-order valence-electron chi connectivity index (χ2n) is 7.61. The van der Waals surface area contributed by atoms with Crippen LogP contribution in [0, 0.1) is 6.92 Å². The molecule has 0 spiro atoms. The Kier molecular flexibility index (Phi) is 5.58. The van der Waals surface area contributed by atoms with E-state index in [1.807, 2.05) is 84.6 Å². The zero-order chi connectivity index (χ0) is 22.8. The fourth-order valence-electron chi connectivity index (χ4n) is 3.50. The summed E-state index contributed by atoms with van der Waals surface area (Å²) < 4.78 is 7.33. The van der Waals surface area contributed by atoms with Crippen LogP contribution in [0.3, 0.4) is 0 Å². The highest BCUT2D eigenvalue weighted by Crippen LogP contribution is 2.33. The molecule has 0 saturated carbocycles. The number of amides is 1. The highest BCUT2D eigenvalue weighted by molar-refractivity contribution is 7.07. The van der Waals surface area contributed by atoms with Gasteiger partial charge < -0.3 is 10.1 Å². The van der Waals surface area contributed by atoms with Crippen LogP contribution < -0.4 is 14.9 Å². The van der Waals surface area contributed by atoms with Crippen molar-refractivity contribution >= 4 is 34.3 Å². The summed E-state index contributed by atoms with van der Waals surface area (Å²) in [5, 5.41) is 9.76. The van der Waals surface area contributed by atoms with Crippen molar-refractivity contribution in [2.24, 2.45) is 10.1 Å². The smallest absolute Gasteiger partial charge is 0.262 e. The lowest BCUT2D eigenvalue weighted by atomic mass is 10.1. The van der Waals surface area contributed by atoms with Crippen LogP contribution in [-0.4, -0.2) is 27.9 Å². The quantitative estimate of drug-likeness (QED) is 0.451. The Labute approximate surface area is 194 Å². The predicted octanol–water partition coefficient (Wildman–Crippen LogP) is 4.76. The first-order valence-electron chi connectivity index (χ1n) is 10.4. The second-order valence-corrected chi connectivity index (χ2v) is 8.45. The van der Waals surface area contributed by atoms with Gasteiger partial charge in [-0.25, -0.2) is 9.67 Å². The Bertz CT molecular complexity index is 1440. The number of ether oxygens (including phenoxy) is 1. The Balaban J connectivity index is 1.67. The first-order valence-corrected chi connectivity index (χ1v) is 11.3. The minimum atomic E-state index is -0.169. The number of hydrogen-bond acceptors (Lipinski definition) is 6. The average Bonchev–Trinajstić information content (AvgIpc) is 3.21. The van der Waals surface area contributed by atoms with E-state index in [0.29, 0.717) is 11.4 Å². The Morgan fingerprint density at radius 3 is 2.88 bits per heavy atom. The number of hydrogen-bond donors (Lipinski definition) is 1. The lowest BCUT2D eigenvalue weighted by Gasteiger charge is -2.18. The molecule has 0 atom stereocenters. The van der Waals surface area contributed by atoms with E-state index in [2.05, 4.69) is 10.3 Å². The summed E-state index contributed by atoms with van der Waals surface area (Å²) in [5.41, 5.74) is 5.92. The van der Waals surface area contributed by atoms with E-state index in [1.165, 1.54) is 11.3 Å². The molecule has 0 aliphatic carbocycles. The maximum absolute atomic E-state index is 11.8. The number of thiazole rings is 1. The molecule has 33 heavy (non-hydrogen) atoms. The minimum absolute atomic E-state index is 0.0257. The van der Waals surface area contributed by atoms with Crippen molar-refractivity contribution in [1.29, 1.82) is 0 Å². The third kappa shape index (κ3) is 4.47. The first kappa shape index (κ1) is 20.8. The molecule has 1 N–H and O–H groups in total. The number of aryl methyl sites for hydroxylation is 1. The number of aromatic nitrogens is 2. The molecule has 0 bridgehead atoms. The second kappa shape index (κ2) is 8.84. The average molecular weight is 456 g/mol. The molecule has 1 aliphatic rings. The molecule has 2 aromatic carbocycles. The third-order valence-electron chi connectivity index (χ3n) is 5.11. The Morgan fingerprint density at radius 1 is 1.15 bits per heavy atom. The van der Waals surface area contributed by atoms with Crippen LogP contribution in [0.5, 0.6) is 5.75 Å². The number of nitrogens with zero attached hydrogens (tertiary/aromatic N) is 4. The van der Waals surface area contributed by atoms with Crippen LogP contribution in [0.4, 0.5) is 11.4 Å². The highest BCUT2D eigenvalue weighted by atomic mass is 32.1. The van der Waals surface area contributed by atoms with E-state index in [9.17, 15) is 4.79 Å². The highest BCUT2D eigenvalue weighted by Gasteiger charge is 2.18. The largest absolute Gasteiger partial charge is 0.482 e. The van der Waals surface area contributed by atoms with Gasteiger partial charge in [0.1, 0.15) is 5.75 Å². The van der Waals surface area contributed by atoms with Crippen molar-refractivity contribution in [2.45, 2.75) is 13.8 Å². The Hall–Kier alpha value is -4.04. The molecule has 7 nitrogen and oxygen atoms in total. The molecule has 1 aliphatic heterocycles. The van der Waals surface area contributed by atoms with E-state index in [1.54, 1.807) is 6.20 Å². The van der Waals surface area contributed by atoms with Crippen LogP contribution in [0.25, 0.3) is 11.3 Å². The van der Waals surface area contributed by atoms with Crippen LogP contribution in [0.15, 0.2) is 82.3 Å². The molecular formula is C25H21N5O2S. The SMILES string of the molecule is CC(=Nn1c(-c2ccc3c(c2)NC(=O)CO3)csc1=Nc1cccc(C)c1)c1ccccn1. The molecule has 0 fully saturated rings. The molecule has 3 heterocycles. The maximum atomic E-state index is 11.8. The zero-order valence-corrected chi connectivity index (χ0v) is 19.0. The van der Waals surface area contributed by atoms with Crippen molar-refractivity contribution < 1.29 is 9.53 Å². The summed E-state index contributed by atoms with van der Waals surface area (Å²) >= 11 is 1.50. The van der Waals surface area contributed by atoms with Gasteiger partial charge in [-0.2, -0.15) is 5.10 Å². The van der Waals surface area contributed by atoms with Gasteiger partial charge in [0.2, 0.25) is 4.80 Å². The van der Waals surface area contributed by atoms with Gasteiger partial charge in [0.05, 0.1) is 28.5 Å². The van der Waals surface area contributed by atoms with Crippen LogP contribution in [0.1, 0.15) is 18.2 Å². The molecule has 2 aromatic heterocycles. The summed E-state index contributed by atoms with van der Waals surface area (Å²) in [7, 11) is 0. The zero-order valence-electron chi connectivity index (χ0n) is 18.1. The lowest BCUT2D eigenvalue weighted by molar-refractivity contribution is -0.118. The molecule has 1 amide bonds. The standard InChI is InChI=1S/C25H21N5O2S/c1-16-6-5-7-19(12-16)27-25-30(29-17(2)20-8-3-4-11-26-20)22(15-33-25)18-9-10-23-21(13-18)28-24(31)14-32-23/h3-13,15H,14H2,1-2H3,(H,28,31). The van der Waals surface area contributed by atoms with E-state index < -0.39 is 0 Å². The van der Waals surface area contributed by atoms with Crippen LogP contribution >= 0.6 is 11.3 Å². The van der Waals surface area contributed by atoms with Crippen LogP contribution in [0.2, 0.25) is 0 Å². The van der Waals surface area contributed by atoms with Gasteiger partial charge in [-0.15, -0.1) is 11.3 Å². The number of rotatable bonds is 4. The number of carbonyl (C=O) groups is 1. The normalized spacial score (nSPS) is 13.9. The van der Waals surface area contributed by atoms with Gasteiger partial charge in [0, 0.05) is 17.1 Å². The van der Waals surface area contributed by atoms with Gasteiger partial charge in [-0.05, 0) is 61.9 Å². The van der Waals surface area contributed by atoms with E-state index >= 15 is 0 Å². The number of nitrogens with one attached hydrogen (secondary N) is 1. The predicted molar refractivity (Wildman–Crippen MR) is 130 cm³/mol. The number of anilines is 1. The molecule has 0 unspecified atom stereocenters. The molecule has 0 saturated heterocycles. The summed E-state index contributed by atoms with van der Waals surface area (Å²) in [6.45, 7) is 3.99. The van der Waals surface area contributed by atoms with E-state index in [4.69, 9.17) is 14.8 Å². The minimum Gasteiger partial charge on any atom is -0.482 e. The van der Waals surface area contributed by atoms with Gasteiger partial charge in [0.15, 0.2) is 6.61 Å². The first-order chi connectivity index (χ1) is 16.1. The lowest BCUT2D eigenvalue weighted by Crippen LogP contribution is -2.25. The fourth-order valence-corrected chi connectivity index (χ4v) is 4.35. The van der Waals surface area contributed by atoms with Crippen molar-refractivity contribution in [3.05, 3.63) is 88.3 Å². The maximum Gasteiger partial charge on any atom is 0.262 e. The summed E-state index contributed by atoms with van der Waals surface area (Å²) in [6, 6.07) is 19.5. The van der Waals surface area contributed by atoms with Crippen molar-refractivity contribution in [3.63, 3.8) is 0 Å². The third-order valence-corrected chi connectivity index (χ3v) is 5.92. The molecule has 164 valence electrons. The summed E-state index contributed by atoms with van der Waals surface area (Å²) in [5.74, 6) is 0.481. The van der Waals surface area contributed by atoms with Gasteiger partial charge in [0.25, 0.3) is 5.91 Å². The number of pyridine rings is 1. The van der Waals surface area contributed by atoms with Crippen LogP contribution in [-0.2, 0) is 4.79 Å². The Morgan fingerprint density at radius 2 is 2.06 bits per heavy atom. The van der Waals surface area contributed by atoms with Gasteiger partial charge in [-0.3, -0.25) is 9.78 Å². The van der Waals surface area contributed by atoms with Gasteiger partial charge >= 0.3 is 0 Å². The summed E-state index contributed by atoms with van der Waals surface area (Å²) in [4.78, 5) is 21.8. The molecule has 4 aromatic rings. The van der Waals surface area contributed by atoms with Gasteiger partial charge in [-0.1, -0.05) is 18.2 Å². The van der Waals surface area contributed by atoms with Crippen molar-refractivity contribution in [3.8, 4) is 17.0 Å². The van der Waals surface area contributed by atoms with E-state index in [0.717, 1.165) is 38.7 Å². The fraction of sp³-hybridized carbons (Fsp3) is 0.120. The van der Waals surface area contributed by atoms with Crippen molar-refractivity contribution in [2.75, 3.05) is 11.9 Å². The molecule has 0 radical (unpaired) electrons. The topological polar surface area (TPSA) is 80.9 Å². The molecular weight excluding hydrogens is 434 g/mol. The number of benzene rings is 2. The summed E-state index contributed by atoms with van der Waals surface area (Å²) in [6.07, 6.45) is 1.75. The number of carbonyl (C=O) groups excluding carboxylic acids is 1. The number of fused-ring (bicyclic) bond motifs is 1.